The first-order chi connectivity index (χ1) is 8.08. The summed E-state index contributed by atoms with van der Waals surface area (Å²) in [5, 5.41) is 0. The van der Waals surface area contributed by atoms with Crippen molar-refractivity contribution in [3.63, 3.8) is 0 Å². The summed E-state index contributed by atoms with van der Waals surface area (Å²) in [6.45, 7) is 5.86. The minimum atomic E-state index is -0.0846. The molecule has 5 heteroatoms. The van der Waals surface area contributed by atoms with Gasteiger partial charge in [-0.25, -0.2) is 4.98 Å². The summed E-state index contributed by atoms with van der Waals surface area (Å²) in [7, 11) is 0. The summed E-state index contributed by atoms with van der Waals surface area (Å²) in [4.78, 5) is 20.8. The molecule has 1 fully saturated rings. The Morgan fingerprint density at radius 1 is 1.59 bits per heavy atom. The Morgan fingerprint density at radius 2 is 2.35 bits per heavy atom. The van der Waals surface area contributed by atoms with E-state index in [1.807, 2.05) is 6.92 Å². The van der Waals surface area contributed by atoms with E-state index in [-0.39, 0.29) is 11.6 Å². The summed E-state index contributed by atoms with van der Waals surface area (Å²) in [6.07, 6.45) is 1.78. The highest BCUT2D eigenvalue weighted by molar-refractivity contribution is 5.38. The number of piperidine rings is 1. The molecule has 1 aromatic rings. The van der Waals surface area contributed by atoms with Crippen molar-refractivity contribution in [2.75, 3.05) is 18.0 Å². The van der Waals surface area contributed by atoms with Gasteiger partial charge in [0.25, 0.3) is 5.56 Å². The van der Waals surface area contributed by atoms with Crippen LogP contribution >= 0.6 is 0 Å². The van der Waals surface area contributed by atoms with Crippen molar-refractivity contribution in [3.05, 3.63) is 22.2 Å². The lowest BCUT2D eigenvalue weighted by molar-refractivity contribution is 0.399. The van der Waals surface area contributed by atoms with E-state index < -0.39 is 0 Å². The highest BCUT2D eigenvalue weighted by atomic mass is 16.1. The monoisotopic (exact) mass is 236 g/mol. The molecule has 2 heterocycles. The quantitative estimate of drug-likeness (QED) is 0.784. The molecule has 2 rings (SSSR count). The van der Waals surface area contributed by atoms with E-state index in [1.54, 1.807) is 6.07 Å². The maximum Gasteiger partial charge on any atom is 0.252 e. The second-order valence-electron chi connectivity index (χ2n) is 4.91. The van der Waals surface area contributed by atoms with Crippen LogP contribution in [0.5, 0.6) is 0 Å². The van der Waals surface area contributed by atoms with Gasteiger partial charge in [-0.1, -0.05) is 13.8 Å². The minimum absolute atomic E-state index is 0.0846. The van der Waals surface area contributed by atoms with Crippen LogP contribution in [0.4, 0.5) is 5.82 Å². The van der Waals surface area contributed by atoms with Crippen molar-refractivity contribution in [1.82, 2.24) is 9.97 Å². The molecule has 1 saturated heterocycles. The van der Waals surface area contributed by atoms with Gasteiger partial charge in [-0.15, -0.1) is 0 Å². The summed E-state index contributed by atoms with van der Waals surface area (Å²) in [6, 6.07) is 1.73. The fraction of sp³-hybridized carbons (Fsp3) is 0.667. The van der Waals surface area contributed by atoms with Crippen LogP contribution in [0.2, 0.25) is 0 Å². The van der Waals surface area contributed by atoms with Crippen molar-refractivity contribution in [1.29, 1.82) is 0 Å². The first-order valence-corrected chi connectivity index (χ1v) is 6.19. The lowest BCUT2D eigenvalue weighted by atomic mass is 9.97. The van der Waals surface area contributed by atoms with Gasteiger partial charge in [0, 0.05) is 31.6 Å². The van der Waals surface area contributed by atoms with Gasteiger partial charge >= 0.3 is 0 Å². The number of aryl methyl sites for hydroxylation is 1. The number of rotatable bonds is 2. The van der Waals surface area contributed by atoms with E-state index in [2.05, 4.69) is 21.8 Å². The molecule has 0 aliphatic carbocycles. The van der Waals surface area contributed by atoms with Gasteiger partial charge in [-0.05, 0) is 12.3 Å². The van der Waals surface area contributed by atoms with Gasteiger partial charge in [0.2, 0.25) is 0 Å². The third-order valence-electron chi connectivity index (χ3n) is 3.13. The van der Waals surface area contributed by atoms with Crippen LogP contribution in [0, 0.1) is 5.92 Å². The lowest BCUT2D eigenvalue weighted by Crippen LogP contribution is -2.47. The highest BCUT2D eigenvalue weighted by Crippen LogP contribution is 2.19. The fourth-order valence-corrected chi connectivity index (χ4v) is 2.41. The Hall–Kier alpha value is -1.36. The summed E-state index contributed by atoms with van der Waals surface area (Å²) >= 11 is 0. The molecule has 3 N–H and O–H groups in total. The van der Waals surface area contributed by atoms with Gasteiger partial charge in [0.15, 0.2) is 0 Å². The Morgan fingerprint density at radius 3 is 3.00 bits per heavy atom. The molecule has 2 atom stereocenters. The number of anilines is 1. The number of aromatic nitrogens is 2. The van der Waals surface area contributed by atoms with Gasteiger partial charge in [0.05, 0.1) is 0 Å². The number of nitrogens with two attached hydrogens (primary N) is 1. The van der Waals surface area contributed by atoms with Crippen molar-refractivity contribution >= 4 is 5.82 Å². The Bertz CT molecular complexity index is 432. The van der Waals surface area contributed by atoms with Gasteiger partial charge in [-0.3, -0.25) is 4.79 Å². The predicted molar refractivity (Wildman–Crippen MR) is 68.2 cm³/mol. The van der Waals surface area contributed by atoms with E-state index >= 15 is 0 Å². The van der Waals surface area contributed by atoms with E-state index in [1.165, 1.54) is 0 Å². The van der Waals surface area contributed by atoms with Crippen molar-refractivity contribution in [2.45, 2.75) is 32.7 Å². The van der Waals surface area contributed by atoms with Crippen LogP contribution in [0.3, 0.4) is 0 Å². The molecule has 5 nitrogen and oxygen atoms in total. The molecule has 94 valence electrons. The second kappa shape index (κ2) is 4.87. The SMILES string of the molecule is CCc1nc(N2CC(C)CC(N)C2)cc(=O)[nH]1. The molecule has 0 bridgehead atoms. The molecule has 0 spiro atoms. The number of nitrogens with zero attached hydrogens (tertiary/aromatic N) is 2. The lowest BCUT2D eigenvalue weighted by Gasteiger charge is -2.35. The molecule has 0 amide bonds. The molecule has 1 aromatic heterocycles. The molecule has 0 radical (unpaired) electrons. The molecule has 0 saturated carbocycles. The van der Waals surface area contributed by atoms with Crippen molar-refractivity contribution < 1.29 is 0 Å². The van der Waals surface area contributed by atoms with Crippen molar-refractivity contribution in [2.24, 2.45) is 11.7 Å². The van der Waals surface area contributed by atoms with E-state index in [9.17, 15) is 4.79 Å². The first-order valence-electron chi connectivity index (χ1n) is 6.19. The zero-order valence-electron chi connectivity index (χ0n) is 10.4. The highest BCUT2D eigenvalue weighted by Gasteiger charge is 2.23. The number of hydrogen-bond donors (Lipinski definition) is 2. The van der Waals surface area contributed by atoms with E-state index in [0.717, 1.165) is 37.6 Å². The van der Waals surface area contributed by atoms with Crippen LogP contribution in [-0.2, 0) is 6.42 Å². The largest absolute Gasteiger partial charge is 0.355 e. The predicted octanol–water partition coefficient (Wildman–Crippen LogP) is 0.506. The van der Waals surface area contributed by atoms with Gasteiger partial charge in [-0.2, -0.15) is 0 Å². The Balaban J connectivity index is 2.26. The fourth-order valence-electron chi connectivity index (χ4n) is 2.41. The second-order valence-corrected chi connectivity index (χ2v) is 4.91. The molecule has 1 aliphatic rings. The molecular weight excluding hydrogens is 216 g/mol. The Labute approximate surface area is 101 Å². The minimum Gasteiger partial charge on any atom is -0.355 e. The standard InChI is InChI=1S/C12H20N4O/c1-3-10-14-11(5-12(17)15-10)16-6-8(2)4-9(13)7-16/h5,8-9H,3-4,6-7,13H2,1-2H3,(H,14,15,17). The van der Waals surface area contributed by atoms with Crippen LogP contribution in [-0.4, -0.2) is 29.1 Å². The average molecular weight is 236 g/mol. The first kappa shape index (κ1) is 12.1. The van der Waals surface area contributed by atoms with Crippen LogP contribution < -0.4 is 16.2 Å². The number of hydrogen-bond acceptors (Lipinski definition) is 4. The maximum absolute atomic E-state index is 11.5. The van der Waals surface area contributed by atoms with E-state index in [0.29, 0.717) is 5.92 Å². The summed E-state index contributed by atoms with van der Waals surface area (Å²) < 4.78 is 0. The van der Waals surface area contributed by atoms with Crippen LogP contribution in [0.25, 0.3) is 0 Å². The average Bonchev–Trinajstić information content (AvgIpc) is 2.26. The number of aromatic amines is 1. The van der Waals surface area contributed by atoms with Gasteiger partial charge < -0.3 is 15.6 Å². The normalized spacial score (nSPS) is 25.0. The third-order valence-corrected chi connectivity index (χ3v) is 3.13. The third kappa shape index (κ3) is 2.85. The smallest absolute Gasteiger partial charge is 0.252 e. The van der Waals surface area contributed by atoms with Crippen LogP contribution in [0.1, 0.15) is 26.1 Å². The molecule has 2 unspecified atom stereocenters. The molecule has 17 heavy (non-hydrogen) atoms. The number of nitrogens with one attached hydrogen (secondary N) is 1. The number of H-pyrrole nitrogens is 1. The van der Waals surface area contributed by atoms with Crippen LogP contribution in [0.15, 0.2) is 10.9 Å². The van der Waals surface area contributed by atoms with Crippen molar-refractivity contribution in [3.8, 4) is 0 Å². The maximum atomic E-state index is 11.5. The summed E-state index contributed by atoms with van der Waals surface area (Å²) in [5.74, 6) is 2.04. The zero-order chi connectivity index (χ0) is 12.4. The molecular formula is C12H20N4O. The molecule has 1 aliphatic heterocycles. The zero-order valence-corrected chi connectivity index (χ0v) is 10.4. The topological polar surface area (TPSA) is 75.0 Å². The molecule has 0 aromatic carbocycles. The summed E-state index contributed by atoms with van der Waals surface area (Å²) in [5.41, 5.74) is 5.92. The Kier molecular flexibility index (Phi) is 3.47. The van der Waals surface area contributed by atoms with E-state index in [4.69, 9.17) is 5.73 Å². The van der Waals surface area contributed by atoms with Gasteiger partial charge in [0.1, 0.15) is 11.6 Å².